The summed E-state index contributed by atoms with van der Waals surface area (Å²) < 4.78 is 30.8. The molecular formula is C26H41NO6S2. The van der Waals surface area contributed by atoms with Gasteiger partial charge < -0.3 is 14.9 Å². The van der Waals surface area contributed by atoms with Crippen molar-refractivity contribution in [2.75, 3.05) is 0 Å². The zero-order valence-electron chi connectivity index (χ0n) is 21.9. The van der Waals surface area contributed by atoms with Gasteiger partial charge in [-0.25, -0.2) is 13.4 Å². The lowest BCUT2D eigenvalue weighted by atomic mass is 9.94. The van der Waals surface area contributed by atoms with Crippen molar-refractivity contribution in [2.24, 2.45) is 5.92 Å². The highest BCUT2D eigenvalue weighted by Crippen LogP contribution is 2.32. The van der Waals surface area contributed by atoms with Gasteiger partial charge in [0.1, 0.15) is 6.10 Å². The maximum absolute atomic E-state index is 13.4. The number of thiazole rings is 1. The highest BCUT2D eigenvalue weighted by molar-refractivity contribution is 7.93. The van der Waals surface area contributed by atoms with Crippen LogP contribution in [0.15, 0.2) is 22.6 Å². The third kappa shape index (κ3) is 7.47. The molecule has 0 aliphatic carbocycles. The molecule has 0 aromatic carbocycles. The van der Waals surface area contributed by atoms with Gasteiger partial charge in [0.15, 0.2) is 9.84 Å². The first-order chi connectivity index (χ1) is 16.2. The molecule has 0 saturated carbocycles. The van der Waals surface area contributed by atoms with Gasteiger partial charge in [0.05, 0.1) is 39.3 Å². The van der Waals surface area contributed by atoms with Crippen molar-refractivity contribution < 1.29 is 28.2 Å². The summed E-state index contributed by atoms with van der Waals surface area (Å²) in [5, 5.41) is 23.4. The molecule has 0 spiro atoms. The van der Waals surface area contributed by atoms with Crippen LogP contribution in [0.5, 0.6) is 0 Å². The lowest BCUT2D eigenvalue weighted by molar-refractivity contribution is -0.149. The molecule has 1 aliphatic rings. The Kier molecular flexibility index (Phi) is 10.3. The van der Waals surface area contributed by atoms with Crippen molar-refractivity contribution in [3.8, 4) is 0 Å². The summed E-state index contributed by atoms with van der Waals surface area (Å²) >= 11 is 1.54. The second kappa shape index (κ2) is 12.1. The van der Waals surface area contributed by atoms with Crippen LogP contribution in [0.1, 0.15) is 84.3 Å². The number of cyclic esters (lactones) is 1. The second-order valence-corrected chi connectivity index (χ2v) is 14.3. The van der Waals surface area contributed by atoms with Crippen molar-refractivity contribution in [2.45, 2.75) is 109 Å². The van der Waals surface area contributed by atoms with E-state index in [-0.39, 0.29) is 5.92 Å². The fourth-order valence-electron chi connectivity index (χ4n) is 4.31. The van der Waals surface area contributed by atoms with Crippen LogP contribution in [0, 0.1) is 12.8 Å². The van der Waals surface area contributed by atoms with E-state index < -0.39 is 50.5 Å². The Bertz CT molecular complexity index is 1040. The topological polar surface area (TPSA) is 114 Å². The molecule has 2 N–H and O–H groups in total. The minimum absolute atomic E-state index is 0.224. The molecule has 0 saturated heterocycles. The number of aryl methyl sites for hydroxylation is 1. The highest BCUT2D eigenvalue weighted by Gasteiger charge is 2.47. The zero-order chi connectivity index (χ0) is 26.6. The minimum Gasteiger partial charge on any atom is -0.457 e. The summed E-state index contributed by atoms with van der Waals surface area (Å²) in [6, 6.07) is 0. The Morgan fingerprint density at radius 2 is 1.91 bits per heavy atom. The number of carbonyl (C=O) groups excluding carboxylic acids is 1. The molecule has 1 aromatic rings. The monoisotopic (exact) mass is 527 g/mol. The first kappa shape index (κ1) is 29.7. The number of esters is 1. The van der Waals surface area contributed by atoms with Gasteiger partial charge in [0.25, 0.3) is 0 Å². The summed E-state index contributed by atoms with van der Waals surface area (Å²) in [4.78, 5) is 17.3. The molecule has 35 heavy (non-hydrogen) atoms. The lowest BCUT2D eigenvalue weighted by Gasteiger charge is -2.35. The van der Waals surface area contributed by atoms with Crippen LogP contribution in [0.3, 0.4) is 0 Å². The van der Waals surface area contributed by atoms with Crippen LogP contribution >= 0.6 is 11.3 Å². The average molecular weight is 528 g/mol. The van der Waals surface area contributed by atoms with E-state index in [0.29, 0.717) is 12.8 Å². The molecule has 2 heterocycles. The number of allylic oxidation sites excluding steroid dienone is 1. The smallest absolute Gasteiger partial charge is 0.309 e. The molecule has 0 bridgehead atoms. The number of aliphatic hydroxyl groups is 2. The molecule has 1 aromatic heterocycles. The van der Waals surface area contributed by atoms with Gasteiger partial charge in [-0.3, -0.25) is 4.79 Å². The molecule has 9 heteroatoms. The van der Waals surface area contributed by atoms with Gasteiger partial charge in [-0.15, -0.1) is 11.3 Å². The molecular weight excluding hydrogens is 486 g/mol. The Hall–Kier alpha value is -1.55. The number of nitrogens with zero attached hydrogens (tertiary/aromatic N) is 1. The van der Waals surface area contributed by atoms with Crippen molar-refractivity contribution in [3.05, 3.63) is 33.3 Å². The zero-order valence-corrected chi connectivity index (χ0v) is 23.6. The van der Waals surface area contributed by atoms with E-state index in [0.717, 1.165) is 34.7 Å². The molecule has 5 atom stereocenters. The number of aliphatic hydroxyl groups excluding tert-OH is 2. The highest BCUT2D eigenvalue weighted by atomic mass is 32.2. The molecule has 0 radical (unpaired) electrons. The van der Waals surface area contributed by atoms with E-state index in [1.54, 1.807) is 0 Å². The summed E-state index contributed by atoms with van der Waals surface area (Å²) in [5.74, 6) is -0.898. The Morgan fingerprint density at radius 3 is 2.51 bits per heavy atom. The van der Waals surface area contributed by atoms with E-state index in [4.69, 9.17) is 4.74 Å². The third-order valence-electron chi connectivity index (χ3n) is 7.15. The van der Waals surface area contributed by atoms with E-state index in [1.807, 2.05) is 39.2 Å². The molecule has 1 aliphatic heterocycles. The number of sulfone groups is 1. The molecule has 198 valence electrons. The van der Waals surface area contributed by atoms with Gasteiger partial charge in [0, 0.05) is 11.8 Å². The second-order valence-electron chi connectivity index (χ2n) is 10.4. The maximum Gasteiger partial charge on any atom is 0.309 e. The fourth-order valence-corrected chi connectivity index (χ4v) is 6.94. The van der Waals surface area contributed by atoms with Crippen LogP contribution < -0.4 is 0 Å². The molecule has 3 unspecified atom stereocenters. The molecule has 0 fully saturated rings. The number of ether oxygens (including phenoxy) is 1. The van der Waals surface area contributed by atoms with Crippen molar-refractivity contribution >= 4 is 33.2 Å². The van der Waals surface area contributed by atoms with E-state index >= 15 is 0 Å². The SMILES string of the molecule is C/C1=C\C[C@@H](/C(C)=C/c2csc(C)n2)OC(=O)CC(O)C(C)(C)S(=O)(=O)C(C)C(O)[C@@H](C)CCC1. The largest absolute Gasteiger partial charge is 0.457 e. The van der Waals surface area contributed by atoms with E-state index in [2.05, 4.69) is 11.1 Å². The fraction of sp³-hybridized carbons (Fsp3) is 0.692. The van der Waals surface area contributed by atoms with Gasteiger partial charge >= 0.3 is 5.97 Å². The predicted octanol–water partition coefficient (Wildman–Crippen LogP) is 4.62. The van der Waals surface area contributed by atoms with Crippen LogP contribution in [-0.4, -0.2) is 57.9 Å². The summed E-state index contributed by atoms with van der Waals surface area (Å²) in [6.45, 7) is 11.9. The van der Waals surface area contributed by atoms with E-state index in [1.165, 1.54) is 32.1 Å². The number of rotatable bonds is 2. The first-order valence-electron chi connectivity index (χ1n) is 12.2. The summed E-state index contributed by atoms with van der Waals surface area (Å²) in [6.07, 6.45) is 3.12. The number of carbonyl (C=O) groups is 1. The molecule has 7 nitrogen and oxygen atoms in total. The third-order valence-corrected chi connectivity index (χ3v) is 10.9. The number of aromatic nitrogens is 1. The van der Waals surface area contributed by atoms with Crippen LogP contribution in [-0.2, 0) is 19.4 Å². The van der Waals surface area contributed by atoms with Gasteiger partial charge in [-0.1, -0.05) is 18.6 Å². The molecule has 0 amide bonds. The Balaban J connectivity index is 2.39. The quantitative estimate of drug-likeness (QED) is 0.426. The lowest BCUT2D eigenvalue weighted by Crippen LogP contribution is -2.52. The van der Waals surface area contributed by atoms with Crippen molar-refractivity contribution in [3.63, 3.8) is 0 Å². The van der Waals surface area contributed by atoms with Gasteiger partial charge in [0.2, 0.25) is 0 Å². The number of hydrogen-bond donors (Lipinski definition) is 2. The van der Waals surface area contributed by atoms with Crippen LogP contribution in [0.25, 0.3) is 6.08 Å². The minimum atomic E-state index is -3.98. The van der Waals surface area contributed by atoms with Gasteiger partial charge in [-0.05, 0) is 78.4 Å². The Morgan fingerprint density at radius 1 is 1.26 bits per heavy atom. The van der Waals surface area contributed by atoms with E-state index in [9.17, 15) is 23.4 Å². The van der Waals surface area contributed by atoms with Crippen molar-refractivity contribution in [1.29, 1.82) is 0 Å². The first-order valence-corrected chi connectivity index (χ1v) is 14.6. The molecule has 2 rings (SSSR count). The standard InChI is InChI=1S/C26H41NO6S2/c1-16-9-8-10-17(2)25(30)19(4)35(31,32)26(6,7)23(28)14-24(29)33-22(12-11-16)18(3)13-21-15-34-20(5)27-21/h11,13,15,17,19,22-23,25,28,30H,8-10,12,14H2,1-7H3/b16-11+,18-13+/t17-,19?,22-,23?,25?/m0/s1. The van der Waals surface area contributed by atoms with Gasteiger partial charge in [-0.2, -0.15) is 0 Å². The normalized spacial score (nSPS) is 32.9. The maximum atomic E-state index is 13.4. The van der Waals surface area contributed by atoms with Crippen molar-refractivity contribution in [1.82, 2.24) is 4.98 Å². The van der Waals surface area contributed by atoms with Crippen LogP contribution in [0.4, 0.5) is 0 Å². The number of hydrogen-bond acceptors (Lipinski definition) is 8. The summed E-state index contributed by atoms with van der Waals surface area (Å²) in [5.41, 5.74) is 2.75. The average Bonchev–Trinajstić information content (AvgIpc) is 3.18. The predicted molar refractivity (Wildman–Crippen MR) is 141 cm³/mol. The van der Waals surface area contributed by atoms with Crippen LogP contribution in [0.2, 0.25) is 0 Å². The Labute approximate surface area is 214 Å². The summed E-state index contributed by atoms with van der Waals surface area (Å²) in [7, 11) is -3.98.